The molecule has 2 saturated heterocycles. The summed E-state index contributed by atoms with van der Waals surface area (Å²) in [5.41, 5.74) is 2.91. The van der Waals surface area contributed by atoms with Gasteiger partial charge in [-0.15, -0.1) is 0 Å². The lowest BCUT2D eigenvalue weighted by atomic mass is 9.95. The Morgan fingerprint density at radius 2 is 1.79 bits per heavy atom. The number of amides is 1. The highest BCUT2D eigenvalue weighted by atomic mass is 35.5. The first-order valence-corrected chi connectivity index (χ1v) is 12.6. The van der Waals surface area contributed by atoms with Crippen LogP contribution in [0.1, 0.15) is 37.8 Å². The summed E-state index contributed by atoms with van der Waals surface area (Å²) in [5.74, 6) is 0.371. The SMILES string of the molecule is COC1CCN(C(=O)C2CCN(c3ccc(Cl)c(NC(C)c4ccc(Cl)cc4Cl)c3)CC2)C1. The van der Waals surface area contributed by atoms with Crippen LogP contribution in [0.25, 0.3) is 0 Å². The molecular weight excluding hydrogens is 481 g/mol. The molecule has 5 nitrogen and oxygen atoms in total. The summed E-state index contributed by atoms with van der Waals surface area (Å²) in [4.78, 5) is 17.2. The van der Waals surface area contributed by atoms with Crippen LogP contribution in [0.5, 0.6) is 0 Å². The third-order valence-corrected chi connectivity index (χ3v) is 7.64. The molecule has 33 heavy (non-hydrogen) atoms. The second-order valence-electron chi connectivity index (χ2n) is 8.89. The molecule has 2 aromatic rings. The number of anilines is 2. The van der Waals surface area contributed by atoms with Crippen LogP contribution in [0.3, 0.4) is 0 Å². The minimum absolute atomic E-state index is 0.0396. The fourth-order valence-corrected chi connectivity index (χ4v) is 5.49. The van der Waals surface area contributed by atoms with Gasteiger partial charge in [0.2, 0.25) is 5.91 Å². The van der Waals surface area contributed by atoms with E-state index in [2.05, 4.69) is 16.3 Å². The summed E-state index contributed by atoms with van der Waals surface area (Å²) in [6.07, 6.45) is 2.82. The molecule has 0 spiro atoms. The summed E-state index contributed by atoms with van der Waals surface area (Å²) in [6, 6.07) is 11.5. The first kappa shape index (κ1) is 24.5. The molecule has 178 valence electrons. The number of nitrogens with zero attached hydrogens (tertiary/aromatic N) is 2. The molecule has 0 bridgehead atoms. The van der Waals surface area contributed by atoms with Crippen molar-refractivity contribution in [3.63, 3.8) is 0 Å². The first-order chi connectivity index (χ1) is 15.9. The predicted molar refractivity (Wildman–Crippen MR) is 137 cm³/mol. The molecule has 4 rings (SSSR count). The van der Waals surface area contributed by atoms with Crippen molar-refractivity contribution in [2.45, 2.75) is 38.3 Å². The zero-order valence-corrected chi connectivity index (χ0v) is 21.3. The Hall–Kier alpha value is -1.66. The molecule has 2 aromatic carbocycles. The summed E-state index contributed by atoms with van der Waals surface area (Å²) in [7, 11) is 1.72. The van der Waals surface area contributed by atoms with Gasteiger partial charge in [0.15, 0.2) is 0 Å². The molecule has 0 aliphatic carbocycles. The van der Waals surface area contributed by atoms with Crippen molar-refractivity contribution < 1.29 is 9.53 Å². The largest absolute Gasteiger partial charge is 0.380 e. The van der Waals surface area contributed by atoms with E-state index in [1.54, 1.807) is 13.2 Å². The quantitative estimate of drug-likeness (QED) is 0.496. The Bertz CT molecular complexity index is 995. The van der Waals surface area contributed by atoms with Crippen LogP contribution < -0.4 is 10.2 Å². The summed E-state index contributed by atoms with van der Waals surface area (Å²) >= 11 is 18.9. The molecule has 0 saturated carbocycles. The molecule has 8 heteroatoms. The maximum Gasteiger partial charge on any atom is 0.225 e. The number of benzene rings is 2. The number of piperidine rings is 1. The lowest BCUT2D eigenvalue weighted by Gasteiger charge is -2.35. The highest BCUT2D eigenvalue weighted by molar-refractivity contribution is 6.35. The van der Waals surface area contributed by atoms with E-state index in [1.165, 1.54) is 0 Å². The lowest BCUT2D eigenvalue weighted by molar-refractivity contribution is -0.135. The van der Waals surface area contributed by atoms with Crippen LogP contribution >= 0.6 is 34.8 Å². The minimum Gasteiger partial charge on any atom is -0.380 e. The van der Waals surface area contributed by atoms with E-state index in [0.717, 1.165) is 62.4 Å². The van der Waals surface area contributed by atoms with Gasteiger partial charge in [-0.25, -0.2) is 0 Å². The number of halogens is 3. The molecule has 0 radical (unpaired) electrons. The maximum absolute atomic E-state index is 12.9. The van der Waals surface area contributed by atoms with E-state index in [0.29, 0.717) is 15.1 Å². The molecule has 2 atom stereocenters. The molecule has 0 aromatic heterocycles. The zero-order valence-electron chi connectivity index (χ0n) is 19.0. The Morgan fingerprint density at radius 1 is 1.03 bits per heavy atom. The second kappa shape index (κ2) is 10.7. The molecular formula is C25H30Cl3N3O2. The highest BCUT2D eigenvalue weighted by Crippen LogP contribution is 2.34. The molecule has 2 heterocycles. The van der Waals surface area contributed by atoms with Gasteiger partial charge in [-0.3, -0.25) is 4.79 Å². The molecule has 1 N–H and O–H groups in total. The van der Waals surface area contributed by atoms with Crippen molar-refractivity contribution in [2.24, 2.45) is 5.92 Å². The third kappa shape index (κ3) is 5.71. The van der Waals surface area contributed by atoms with Gasteiger partial charge < -0.3 is 19.9 Å². The van der Waals surface area contributed by atoms with Gasteiger partial charge in [0.05, 0.1) is 22.9 Å². The smallest absolute Gasteiger partial charge is 0.225 e. The Morgan fingerprint density at radius 3 is 2.45 bits per heavy atom. The minimum atomic E-state index is -0.0396. The lowest BCUT2D eigenvalue weighted by Crippen LogP contribution is -2.42. The van der Waals surface area contributed by atoms with Crippen molar-refractivity contribution in [1.82, 2.24) is 4.90 Å². The Balaban J connectivity index is 1.38. The van der Waals surface area contributed by atoms with E-state index in [9.17, 15) is 4.79 Å². The van der Waals surface area contributed by atoms with Crippen LogP contribution in [0.2, 0.25) is 15.1 Å². The summed E-state index contributed by atoms with van der Waals surface area (Å²) in [6.45, 7) is 5.26. The zero-order chi connectivity index (χ0) is 23.5. The highest BCUT2D eigenvalue weighted by Gasteiger charge is 2.33. The van der Waals surface area contributed by atoms with Crippen LogP contribution in [0.4, 0.5) is 11.4 Å². The maximum atomic E-state index is 12.9. The fourth-order valence-electron chi connectivity index (χ4n) is 4.75. The van der Waals surface area contributed by atoms with Crippen molar-refractivity contribution in [2.75, 3.05) is 43.5 Å². The van der Waals surface area contributed by atoms with E-state index in [-0.39, 0.29) is 24.0 Å². The van der Waals surface area contributed by atoms with Gasteiger partial charge in [0, 0.05) is 54.9 Å². The van der Waals surface area contributed by atoms with E-state index in [1.807, 2.05) is 36.1 Å². The Labute approximate surface area is 210 Å². The number of rotatable bonds is 6. The van der Waals surface area contributed by atoms with E-state index >= 15 is 0 Å². The molecule has 1 amide bonds. The number of hydrogen-bond acceptors (Lipinski definition) is 4. The molecule has 2 aliphatic heterocycles. The van der Waals surface area contributed by atoms with E-state index in [4.69, 9.17) is 39.5 Å². The van der Waals surface area contributed by atoms with Crippen LogP contribution in [0, 0.1) is 5.92 Å². The van der Waals surface area contributed by atoms with Crippen LogP contribution in [0.15, 0.2) is 36.4 Å². The van der Waals surface area contributed by atoms with Gasteiger partial charge in [-0.05, 0) is 62.1 Å². The number of hydrogen-bond donors (Lipinski definition) is 1. The number of ether oxygens (including phenoxy) is 1. The van der Waals surface area contributed by atoms with Gasteiger partial charge in [0.1, 0.15) is 0 Å². The normalized spacial score (nSPS) is 20.2. The van der Waals surface area contributed by atoms with Gasteiger partial charge in [0.25, 0.3) is 0 Å². The summed E-state index contributed by atoms with van der Waals surface area (Å²) in [5, 5.41) is 5.37. The third-order valence-electron chi connectivity index (χ3n) is 6.75. The van der Waals surface area contributed by atoms with Crippen molar-refractivity contribution in [3.05, 3.63) is 57.0 Å². The topological polar surface area (TPSA) is 44.8 Å². The average Bonchev–Trinajstić information content (AvgIpc) is 3.29. The average molecular weight is 511 g/mol. The number of carbonyl (C=O) groups is 1. The van der Waals surface area contributed by atoms with E-state index < -0.39 is 0 Å². The number of likely N-dealkylation sites (tertiary alicyclic amines) is 1. The predicted octanol–water partition coefficient (Wildman–Crippen LogP) is 6.28. The van der Waals surface area contributed by atoms with Crippen molar-refractivity contribution >= 4 is 52.1 Å². The first-order valence-electron chi connectivity index (χ1n) is 11.4. The second-order valence-corrected chi connectivity index (χ2v) is 10.1. The Kier molecular flexibility index (Phi) is 7.95. The molecule has 2 aliphatic rings. The standard InChI is InChI=1S/C25H30Cl3N3O2/c1-16(21-5-3-18(26)13-23(21)28)29-24-14-19(4-6-22(24)27)30-10-7-17(8-11-30)25(32)31-12-9-20(15-31)33-2/h3-6,13-14,16-17,20,29H,7-12,15H2,1-2H3. The van der Waals surface area contributed by atoms with Crippen molar-refractivity contribution in [3.8, 4) is 0 Å². The molecule has 2 unspecified atom stereocenters. The number of carbonyl (C=O) groups excluding carboxylic acids is 1. The monoisotopic (exact) mass is 509 g/mol. The summed E-state index contributed by atoms with van der Waals surface area (Å²) < 4.78 is 5.41. The molecule has 2 fully saturated rings. The number of methoxy groups -OCH3 is 1. The fraction of sp³-hybridized carbons (Fsp3) is 0.480. The van der Waals surface area contributed by atoms with Crippen LogP contribution in [-0.2, 0) is 9.53 Å². The number of nitrogens with one attached hydrogen (secondary N) is 1. The van der Waals surface area contributed by atoms with Gasteiger partial charge in [-0.1, -0.05) is 40.9 Å². The van der Waals surface area contributed by atoms with Crippen LogP contribution in [-0.4, -0.2) is 50.2 Å². The van der Waals surface area contributed by atoms with Gasteiger partial charge >= 0.3 is 0 Å². The van der Waals surface area contributed by atoms with Gasteiger partial charge in [-0.2, -0.15) is 0 Å². The van der Waals surface area contributed by atoms with Crippen molar-refractivity contribution in [1.29, 1.82) is 0 Å².